The first-order valence-electron chi connectivity index (χ1n) is 19.7. The average Bonchev–Trinajstić information content (AvgIpc) is 3.62. The monoisotopic (exact) mass is 748 g/mol. The number of rotatable bonds is 8. The molecule has 2 heterocycles. The Balaban J connectivity index is 1.17. The normalized spacial score (nSPS) is 14.2. The fourth-order valence-electron chi connectivity index (χ4n) is 8.69. The van der Waals surface area contributed by atoms with Gasteiger partial charge < -0.3 is 4.57 Å². The number of hydrogen-bond acceptors (Lipinski definition) is 3. The van der Waals surface area contributed by atoms with Gasteiger partial charge in [-0.15, -0.1) is 0 Å². The van der Waals surface area contributed by atoms with E-state index in [1.807, 2.05) is 18.2 Å². The summed E-state index contributed by atoms with van der Waals surface area (Å²) in [5.41, 5.74) is 6.21. The molecule has 4 nitrogen and oxygen atoms in total. The molecule has 0 radical (unpaired) electrons. The third-order valence-corrected chi connectivity index (χ3v) is 16.1. The quantitative estimate of drug-likeness (QED) is 0.115. The van der Waals surface area contributed by atoms with E-state index in [1.165, 1.54) is 31.5 Å². The molecule has 272 valence electrons. The number of fused-ring (bicyclic) bond motifs is 3. The van der Waals surface area contributed by atoms with Gasteiger partial charge in [-0.25, -0.2) is 15.0 Å². The van der Waals surface area contributed by atoms with Gasteiger partial charge in [-0.1, -0.05) is 189 Å². The highest BCUT2D eigenvalue weighted by molar-refractivity contribution is 7.16. The van der Waals surface area contributed by atoms with Crippen molar-refractivity contribution in [3.63, 3.8) is 0 Å². The lowest BCUT2D eigenvalue weighted by Crippen LogP contribution is -2.68. The minimum absolute atomic E-state index is 0.449. The fraction of sp³-hybridized carbons (Fsp3) is 0.0577. The van der Waals surface area contributed by atoms with Crippen molar-refractivity contribution in [1.29, 1.82) is 0 Å². The molecule has 57 heavy (non-hydrogen) atoms. The highest BCUT2D eigenvalue weighted by Gasteiger charge is 2.43. The van der Waals surface area contributed by atoms with Crippen molar-refractivity contribution in [2.45, 2.75) is 13.3 Å². The molecule has 10 rings (SSSR count). The van der Waals surface area contributed by atoms with Gasteiger partial charge in [0.05, 0.1) is 11.0 Å². The smallest absolute Gasteiger partial charge is 0.179 e. The lowest BCUT2D eigenvalue weighted by atomic mass is 10.0. The Kier molecular flexibility index (Phi) is 8.85. The molecular formula is C52H40N4Si. The summed E-state index contributed by atoms with van der Waals surface area (Å²) in [6.45, 7) is 2.32. The van der Waals surface area contributed by atoms with Crippen LogP contribution < -0.4 is 15.6 Å². The molecule has 0 aliphatic heterocycles. The Morgan fingerprint density at radius 2 is 0.947 bits per heavy atom. The molecule has 0 bridgehead atoms. The second kappa shape index (κ2) is 14.6. The molecule has 0 saturated carbocycles. The SMILES string of the molecule is CC1C=C([Si](c2ccccc2)(c2ccccc2)c2cccc(-c3nc(-c4ccccc4)nc(-c4cccc(-n5c6ccccc6c6ccccc65)c4)n3)c2)C=CC1. The molecule has 5 heteroatoms. The van der Waals surface area contributed by atoms with Gasteiger partial charge in [-0.2, -0.15) is 0 Å². The molecule has 0 spiro atoms. The summed E-state index contributed by atoms with van der Waals surface area (Å²) in [5.74, 6) is 2.37. The van der Waals surface area contributed by atoms with Crippen LogP contribution in [-0.2, 0) is 0 Å². The summed E-state index contributed by atoms with van der Waals surface area (Å²) in [4.78, 5) is 15.7. The van der Waals surface area contributed by atoms with E-state index in [4.69, 9.17) is 15.0 Å². The van der Waals surface area contributed by atoms with Gasteiger partial charge >= 0.3 is 0 Å². The van der Waals surface area contributed by atoms with Gasteiger partial charge in [0.1, 0.15) is 0 Å². The van der Waals surface area contributed by atoms with Crippen LogP contribution in [0.25, 0.3) is 61.7 Å². The van der Waals surface area contributed by atoms with Gasteiger partial charge in [0.15, 0.2) is 25.5 Å². The van der Waals surface area contributed by atoms with E-state index < -0.39 is 8.07 Å². The summed E-state index contributed by atoms with van der Waals surface area (Å²) in [5, 5.41) is 7.85. The minimum atomic E-state index is -2.77. The Morgan fingerprint density at radius 1 is 0.474 bits per heavy atom. The summed E-state index contributed by atoms with van der Waals surface area (Å²) in [6, 6.07) is 67.2. The predicted octanol–water partition coefficient (Wildman–Crippen LogP) is 10.5. The molecule has 0 fully saturated rings. The standard InChI is InChI=1S/C52H40N4Si/c1-37-18-15-28-44(34-37)57(42-24-7-3-8-25-42,43-26-9-4-10-27-43)45-29-17-22-40(36-45)52-54-50(38-19-5-2-6-20-38)53-51(55-52)39-21-16-23-41(35-39)56-48-32-13-11-30-46(48)47-31-12-14-33-49(47)56/h2-17,19-37H,18H2,1H3. The van der Waals surface area contributed by atoms with Crippen LogP contribution >= 0.6 is 0 Å². The Bertz CT molecular complexity index is 2860. The highest BCUT2D eigenvalue weighted by atomic mass is 28.3. The summed E-state index contributed by atoms with van der Waals surface area (Å²) in [7, 11) is -2.77. The molecule has 7 aromatic carbocycles. The highest BCUT2D eigenvalue weighted by Crippen LogP contribution is 2.34. The van der Waals surface area contributed by atoms with Crippen LogP contribution in [0.3, 0.4) is 0 Å². The third-order valence-electron chi connectivity index (χ3n) is 11.3. The summed E-state index contributed by atoms with van der Waals surface area (Å²) < 4.78 is 2.34. The average molecular weight is 749 g/mol. The number of para-hydroxylation sites is 2. The number of hydrogen-bond donors (Lipinski definition) is 0. The molecule has 1 unspecified atom stereocenters. The summed E-state index contributed by atoms with van der Waals surface area (Å²) >= 11 is 0. The van der Waals surface area contributed by atoms with Crippen molar-refractivity contribution >= 4 is 45.4 Å². The zero-order valence-corrected chi connectivity index (χ0v) is 32.7. The van der Waals surface area contributed by atoms with Crippen LogP contribution in [0.2, 0.25) is 0 Å². The molecule has 0 amide bonds. The van der Waals surface area contributed by atoms with Gasteiger partial charge in [0.25, 0.3) is 0 Å². The van der Waals surface area contributed by atoms with Gasteiger partial charge in [0.2, 0.25) is 0 Å². The Hall–Kier alpha value is -6.95. The van der Waals surface area contributed by atoms with Crippen molar-refractivity contribution < 1.29 is 0 Å². The van der Waals surface area contributed by atoms with Crippen molar-refractivity contribution in [1.82, 2.24) is 19.5 Å². The second-order valence-electron chi connectivity index (χ2n) is 14.9. The molecule has 0 saturated heterocycles. The first-order chi connectivity index (χ1) is 28.2. The molecule has 9 aromatic rings. The van der Waals surface area contributed by atoms with E-state index in [0.29, 0.717) is 23.4 Å². The van der Waals surface area contributed by atoms with E-state index in [0.717, 1.165) is 39.8 Å². The minimum Gasteiger partial charge on any atom is -0.309 e. The van der Waals surface area contributed by atoms with Crippen LogP contribution in [-0.4, -0.2) is 27.6 Å². The molecule has 1 aliphatic carbocycles. The maximum atomic E-state index is 5.30. The zero-order valence-electron chi connectivity index (χ0n) is 31.7. The first kappa shape index (κ1) is 34.5. The topological polar surface area (TPSA) is 43.6 Å². The fourth-order valence-corrected chi connectivity index (χ4v) is 13.7. The third kappa shape index (κ3) is 6.13. The van der Waals surface area contributed by atoms with Crippen molar-refractivity contribution in [3.05, 3.63) is 211 Å². The van der Waals surface area contributed by atoms with Gasteiger partial charge in [-0.3, -0.25) is 0 Å². The van der Waals surface area contributed by atoms with E-state index in [2.05, 4.69) is 200 Å². The second-order valence-corrected chi connectivity index (χ2v) is 18.7. The maximum absolute atomic E-state index is 5.30. The number of benzene rings is 7. The van der Waals surface area contributed by atoms with E-state index in [9.17, 15) is 0 Å². The number of allylic oxidation sites excluding steroid dienone is 4. The van der Waals surface area contributed by atoms with E-state index in [-0.39, 0.29) is 0 Å². The van der Waals surface area contributed by atoms with Crippen LogP contribution in [0.5, 0.6) is 0 Å². The van der Waals surface area contributed by atoms with Crippen LogP contribution in [0.1, 0.15) is 13.3 Å². The Labute approximate surface area is 334 Å². The zero-order chi connectivity index (χ0) is 38.2. The maximum Gasteiger partial charge on any atom is 0.179 e. The van der Waals surface area contributed by atoms with E-state index >= 15 is 0 Å². The van der Waals surface area contributed by atoms with Crippen LogP contribution in [0, 0.1) is 5.92 Å². The van der Waals surface area contributed by atoms with Crippen LogP contribution in [0.15, 0.2) is 211 Å². The van der Waals surface area contributed by atoms with Crippen molar-refractivity contribution in [3.8, 4) is 39.9 Å². The van der Waals surface area contributed by atoms with E-state index in [1.54, 1.807) is 0 Å². The van der Waals surface area contributed by atoms with Gasteiger partial charge in [-0.05, 0) is 57.4 Å². The number of nitrogens with zero attached hydrogens (tertiary/aromatic N) is 4. The van der Waals surface area contributed by atoms with Crippen molar-refractivity contribution in [2.75, 3.05) is 0 Å². The largest absolute Gasteiger partial charge is 0.309 e. The molecule has 1 atom stereocenters. The number of aromatic nitrogens is 4. The molecular weight excluding hydrogens is 709 g/mol. The summed E-state index contributed by atoms with van der Waals surface area (Å²) in [6.07, 6.45) is 8.30. The molecule has 1 aliphatic rings. The van der Waals surface area contributed by atoms with Crippen LogP contribution in [0.4, 0.5) is 0 Å². The lowest BCUT2D eigenvalue weighted by Gasteiger charge is -2.37. The lowest BCUT2D eigenvalue weighted by molar-refractivity contribution is 0.734. The van der Waals surface area contributed by atoms with Crippen molar-refractivity contribution in [2.24, 2.45) is 5.92 Å². The van der Waals surface area contributed by atoms with Gasteiger partial charge in [0, 0.05) is 33.2 Å². The Morgan fingerprint density at radius 3 is 1.54 bits per heavy atom. The first-order valence-corrected chi connectivity index (χ1v) is 21.7. The predicted molar refractivity (Wildman–Crippen MR) is 239 cm³/mol. The molecule has 2 aromatic heterocycles. The molecule has 0 N–H and O–H groups in total.